The van der Waals surface area contributed by atoms with Crippen LogP contribution in [0.15, 0.2) is 40.2 Å². The van der Waals surface area contributed by atoms with Crippen LogP contribution in [0.1, 0.15) is 48.7 Å². The van der Waals surface area contributed by atoms with E-state index in [2.05, 4.69) is 25.6 Å². The molecule has 10 nitrogen and oxygen atoms in total. The van der Waals surface area contributed by atoms with E-state index in [0.29, 0.717) is 17.9 Å². The predicted octanol–water partition coefficient (Wildman–Crippen LogP) is 1.38. The molecule has 3 heterocycles. The maximum absolute atomic E-state index is 13.0. The molecule has 1 aliphatic carbocycles. The second-order valence-corrected chi connectivity index (χ2v) is 8.30. The fourth-order valence-corrected chi connectivity index (χ4v) is 3.49. The molecule has 2 amide bonds. The number of nitrogens with zero attached hydrogens (tertiary/aromatic N) is 3. The van der Waals surface area contributed by atoms with Gasteiger partial charge in [-0.1, -0.05) is 13.8 Å². The number of rotatable bonds is 7. The highest BCUT2D eigenvalue weighted by Crippen LogP contribution is 2.39. The molecule has 0 saturated heterocycles. The molecule has 1 saturated carbocycles. The minimum Gasteiger partial charge on any atom is -0.343 e. The van der Waals surface area contributed by atoms with Gasteiger partial charge in [0.2, 0.25) is 5.91 Å². The maximum atomic E-state index is 13.0. The Hall–Kier alpha value is -3.82. The third-order valence-electron chi connectivity index (χ3n) is 5.11. The molecule has 0 spiro atoms. The first-order valence-electron chi connectivity index (χ1n) is 10.5. The molecule has 4 rings (SSSR count). The van der Waals surface area contributed by atoms with Gasteiger partial charge in [0.1, 0.15) is 0 Å². The van der Waals surface area contributed by atoms with E-state index >= 15 is 0 Å². The Bertz CT molecular complexity index is 1290. The Morgan fingerprint density at radius 1 is 1.28 bits per heavy atom. The topological polar surface area (TPSA) is 139 Å². The zero-order valence-corrected chi connectivity index (χ0v) is 17.8. The lowest BCUT2D eigenvalue weighted by atomic mass is 10.1. The number of carbonyl (C=O) groups is 2. The molecule has 32 heavy (non-hydrogen) atoms. The highest BCUT2D eigenvalue weighted by Gasteiger charge is 2.29. The first kappa shape index (κ1) is 21.4. The van der Waals surface area contributed by atoms with Gasteiger partial charge >= 0.3 is 5.69 Å². The second kappa shape index (κ2) is 8.74. The lowest BCUT2D eigenvalue weighted by molar-refractivity contribution is -0.115. The fourth-order valence-electron chi connectivity index (χ4n) is 3.49. The molecule has 10 heteroatoms. The number of aromatic nitrogens is 4. The Balaban J connectivity index is 1.68. The summed E-state index contributed by atoms with van der Waals surface area (Å²) in [6.45, 7) is 3.95. The van der Waals surface area contributed by atoms with Gasteiger partial charge in [-0.25, -0.2) is 9.78 Å². The molecule has 0 bridgehead atoms. The van der Waals surface area contributed by atoms with Crippen LogP contribution >= 0.6 is 0 Å². The third kappa shape index (κ3) is 4.58. The van der Waals surface area contributed by atoms with Crippen molar-refractivity contribution in [3.8, 4) is 0 Å². The van der Waals surface area contributed by atoms with Gasteiger partial charge in [-0.15, -0.1) is 0 Å². The van der Waals surface area contributed by atoms with Gasteiger partial charge in [-0.2, -0.15) is 0 Å². The van der Waals surface area contributed by atoms with Crippen molar-refractivity contribution < 1.29 is 9.59 Å². The van der Waals surface area contributed by atoms with E-state index in [1.54, 1.807) is 24.4 Å². The monoisotopic (exact) mass is 436 g/mol. The number of amides is 2. The average molecular weight is 436 g/mol. The minimum atomic E-state index is -0.676. The van der Waals surface area contributed by atoms with Gasteiger partial charge in [-0.05, 0) is 37.0 Å². The van der Waals surface area contributed by atoms with E-state index in [9.17, 15) is 19.2 Å². The predicted molar refractivity (Wildman–Crippen MR) is 119 cm³/mol. The van der Waals surface area contributed by atoms with Gasteiger partial charge in [0.15, 0.2) is 5.65 Å². The van der Waals surface area contributed by atoms with Crippen molar-refractivity contribution in [3.63, 3.8) is 0 Å². The van der Waals surface area contributed by atoms with E-state index in [0.717, 1.165) is 12.8 Å². The van der Waals surface area contributed by atoms with Gasteiger partial charge in [0.25, 0.3) is 11.5 Å². The summed E-state index contributed by atoms with van der Waals surface area (Å²) >= 11 is 0. The van der Waals surface area contributed by atoms with Crippen LogP contribution in [0, 0.1) is 5.92 Å². The summed E-state index contributed by atoms with van der Waals surface area (Å²) in [5.41, 5.74) is 0.242. The van der Waals surface area contributed by atoms with Crippen LogP contribution < -0.4 is 21.9 Å². The number of pyridine rings is 2. The summed E-state index contributed by atoms with van der Waals surface area (Å²) in [6.07, 6.45) is 4.95. The van der Waals surface area contributed by atoms with Crippen LogP contribution in [0.2, 0.25) is 0 Å². The first-order chi connectivity index (χ1) is 15.3. The molecule has 0 atom stereocenters. The largest absolute Gasteiger partial charge is 0.343 e. The van der Waals surface area contributed by atoms with Crippen LogP contribution in [0.25, 0.3) is 11.0 Å². The zero-order valence-electron chi connectivity index (χ0n) is 17.8. The minimum absolute atomic E-state index is 0.0415. The van der Waals surface area contributed by atoms with Gasteiger partial charge < -0.3 is 10.6 Å². The van der Waals surface area contributed by atoms with E-state index < -0.39 is 23.1 Å². The number of anilines is 1. The Morgan fingerprint density at radius 2 is 2.06 bits per heavy atom. The normalized spacial score (nSPS) is 13.3. The fraction of sp³-hybridized carbons (Fsp3) is 0.364. The molecule has 0 aromatic carbocycles. The van der Waals surface area contributed by atoms with Crippen molar-refractivity contribution in [3.05, 3.63) is 62.7 Å². The summed E-state index contributed by atoms with van der Waals surface area (Å²) in [5.74, 6) is -0.693. The summed E-state index contributed by atoms with van der Waals surface area (Å²) in [7, 11) is 0. The Morgan fingerprint density at radius 3 is 2.72 bits per heavy atom. The van der Waals surface area contributed by atoms with Crippen molar-refractivity contribution >= 4 is 28.5 Å². The van der Waals surface area contributed by atoms with Crippen LogP contribution in [-0.2, 0) is 11.3 Å². The first-order valence-corrected chi connectivity index (χ1v) is 10.5. The number of aromatic amines is 1. The third-order valence-corrected chi connectivity index (χ3v) is 5.11. The van der Waals surface area contributed by atoms with Crippen LogP contribution in [0.4, 0.5) is 5.69 Å². The number of fused-ring (bicyclic) bond motifs is 1. The van der Waals surface area contributed by atoms with E-state index in [1.807, 2.05) is 13.8 Å². The molecular formula is C22H24N6O4. The molecule has 1 fully saturated rings. The van der Waals surface area contributed by atoms with Crippen molar-refractivity contribution in [2.45, 2.75) is 39.2 Å². The van der Waals surface area contributed by atoms with Crippen LogP contribution in [0.3, 0.4) is 0 Å². The molecule has 0 unspecified atom stereocenters. The van der Waals surface area contributed by atoms with E-state index in [4.69, 9.17) is 0 Å². The van der Waals surface area contributed by atoms with Gasteiger partial charge in [0, 0.05) is 24.4 Å². The number of carbonyl (C=O) groups excluding carboxylic acids is 2. The van der Waals surface area contributed by atoms with E-state index in [1.165, 1.54) is 10.8 Å². The second-order valence-electron chi connectivity index (χ2n) is 8.30. The molecule has 0 aliphatic heterocycles. The molecular weight excluding hydrogens is 412 g/mol. The van der Waals surface area contributed by atoms with Gasteiger partial charge in [0.05, 0.1) is 29.4 Å². The lowest BCUT2D eigenvalue weighted by Crippen LogP contribution is -2.36. The molecule has 3 aromatic rings. The highest BCUT2D eigenvalue weighted by molar-refractivity contribution is 6.07. The molecule has 3 aromatic heterocycles. The molecule has 3 N–H and O–H groups in total. The average Bonchev–Trinajstić information content (AvgIpc) is 3.60. The van der Waals surface area contributed by atoms with Crippen LogP contribution in [-0.4, -0.2) is 37.9 Å². The number of nitrogens with one attached hydrogen (secondary N) is 3. The number of hydrogen-bond donors (Lipinski definition) is 3. The summed E-state index contributed by atoms with van der Waals surface area (Å²) in [4.78, 5) is 61.1. The SMILES string of the molecule is CC(C)Cn1c(=O)[nH]c(=O)c2c(C(=O)NCC(=O)Nc3cccnc3)cc(C3CC3)nc21. The number of H-pyrrole nitrogens is 1. The van der Waals surface area contributed by atoms with Crippen molar-refractivity contribution in [2.75, 3.05) is 11.9 Å². The number of hydrogen-bond acceptors (Lipinski definition) is 6. The smallest absolute Gasteiger partial charge is 0.330 e. The molecule has 1 aliphatic rings. The molecule has 0 radical (unpaired) electrons. The van der Waals surface area contributed by atoms with Crippen molar-refractivity contribution in [2.24, 2.45) is 5.92 Å². The van der Waals surface area contributed by atoms with Crippen LogP contribution in [0.5, 0.6) is 0 Å². The lowest BCUT2D eigenvalue weighted by Gasteiger charge is -2.14. The maximum Gasteiger partial charge on any atom is 0.330 e. The highest BCUT2D eigenvalue weighted by atomic mass is 16.2. The van der Waals surface area contributed by atoms with E-state index in [-0.39, 0.29) is 35.0 Å². The van der Waals surface area contributed by atoms with Crippen molar-refractivity contribution in [1.29, 1.82) is 0 Å². The Kier molecular flexibility index (Phi) is 5.85. The van der Waals surface area contributed by atoms with Gasteiger partial charge in [-0.3, -0.25) is 28.9 Å². The summed E-state index contributed by atoms with van der Waals surface area (Å²) < 4.78 is 1.40. The quantitative estimate of drug-likeness (QED) is 0.511. The molecule has 166 valence electrons. The summed E-state index contributed by atoms with van der Waals surface area (Å²) in [6, 6.07) is 4.95. The summed E-state index contributed by atoms with van der Waals surface area (Å²) in [5, 5.41) is 5.24. The standard InChI is InChI=1S/C22H24N6O4/c1-12(2)11-28-19-18(21(31)27-22(28)32)15(8-16(26-19)13-5-6-13)20(30)24-10-17(29)25-14-4-3-7-23-9-14/h3-4,7-9,12-13H,5-6,10-11H2,1-2H3,(H,24,30)(H,25,29)(H,27,31,32). The van der Waals surface area contributed by atoms with Crippen molar-refractivity contribution in [1.82, 2.24) is 24.8 Å². The zero-order chi connectivity index (χ0) is 22.8. The Labute approximate surface area is 183 Å².